The van der Waals surface area contributed by atoms with Gasteiger partial charge >= 0.3 is 0 Å². The summed E-state index contributed by atoms with van der Waals surface area (Å²) in [6.45, 7) is 4.57. The average molecular weight is 383 g/mol. The van der Waals surface area contributed by atoms with E-state index in [4.69, 9.17) is 0 Å². The number of aromatic nitrogens is 6. The molecule has 0 atom stereocenters. The number of carbonyl (C=O) groups is 2. The van der Waals surface area contributed by atoms with Crippen LogP contribution in [0.5, 0.6) is 0 Å². The Morgan fingerprint density at radius 3 is 2.46 bits per heavy atom. The highest BCUT2D eigenvalue weighted by molar-refractivity contribution is 5.91. The molecule has 2 heterocycles. The minimum Gasteiger partial charge on any atom is -0.349 e. The number of amides is 2. The molecular formula is C15H23ClN8O2. The number of H-pyrrole nitrogens is 1. The van der Waals surface area contributed by atoms with Crippen LogP contribution in [0.25, 0.3) is 0 Å². The van der Waals surface area contributed by atoms with E-state index in [0.29, 0.717) is 30.6 Å². The van der Waals surface area contributed by atoms with Gasteiger partial charge in [-0.15, -0.1) is 17.5 Å². The van der Waals surface area contributed by atoms with Crippen molar-refractivity contribution < 1.29 is 9.59 Å². The first kappa shape index (κ1) is 19.8. The number of hydrogen-bond acceptors (Lipinski definition) is 6. The molecule has 1 fully saturated rings. The summed E-state index contributed by atoms with van der Waals surface area (Å²) in [4.78, 5) is 32.2. The Balaban J connectivity index is 0.00000243. The summed E-state index contributed by atoms with van der Waals surface area (Å²) in [5, 5.41) is 16.3. The van der Waals surface area contributed by atoms with E-state index in [2.05, 4.69) is 35.9 Å². The molecule has 0 bridgehead atoms. The molecule has 0 saturated heterocycles. The van der Waals surface area contributed by atoms with E-state index in [-0.39, 0.29) is 35.5 Å². The average Bonchev–Trinajstić information content (AvgIpc) is 3.05. The van der Waals surface area contributed by atoms with Crippen molar-refractivity contribution in [3.05, 3.63) is 23.3 Å². The molecule has 1 aliphatic carbocycles. The molecule has 2 aromatic heterocycles. The summed E-state index contributed by atoms with van der Waals surface area (Å²) in [7, 11) is 1.70. The second-order valence-electron chi connectivity index (χ2n) is 6.54. The number of halogens is 1. The Kier molecular flexibility index (Phi) is 5.96. The molecule has 0 aliphatic heterocycles. The third-order valence-corrected chi connectivity index (χ3v) is 4.39. The smallest absolute Gasteiger partial charge is 0.290 e. The maximum absolute atomic E-state index is 12.2. The standard InChI is InChI=1S/C15H22N8O2.ClH/c1-9-18-11(21-20-9)13(24)16-7-6-15(4-5-15)8-17-14(25)12-19-10(2)22-23(12)3;/h4-8H2,1-3H3,(H,16,24)(H,17,25)(H,18,20,21);1H. The van der Waals surface area contributed by atoms with Crippen LogP contribution in [0.4, 0.5) is 0 Å². The summed E-state index contributed by atoms with van der Waals surface area (Å²) in [6, 6.07) is 0. The fraction of sp³-hybridized carbons (Fsp3) is 0.600. The molecule has 26 heavy (non-hydrogen) atoms. The Morgan fingerprint density at radius 2 is 1.92 bits per heavy atom. The molecule has 1 saturated carbocycles. The molecule has 10 nitrogen and oxygen atoms in total. The Morgan fingerprint density at radius 1 is 1.19 bits per heavy atom. The van der Waals surface area contributed by atoms with Gasteiger partial charge in [0.15, 0.2) is 0 Å². The molecule has 142 valence electrons. The van der Waals surface area contributed by atoms with Crippen LogP contribution in [0.1, 0.15) is 52.1 Å². The van der Waals surface area contributed by atoms with Gasteiger partial charge in [0.1, 0.15) is 11.6 Å². The van der Waals surface area contributed by atoms with Gasteiger partial charge in [-0.1, -0.05) is 0 Å². The summed E-state index contributed by atoms with van der Waals surface area (Å²) in [5.41, 5.74) is 0.0471. The highest BCUT2D eigenvalue weighted by Gasteiger charge is 2.42. The molecule has 3 N–H and O–H groups in total. The van der Waals surface area contributed by atoms with Crippen molar-refractivity contribution in [1.29, 1.82) is 0 Å². The highest BCUT2D eigenvalue weighted by Crippen LogP contribution is 2.47. The van der Waals surface area contributed by atoms with Crippen LogP contribution in [0.2, 0.25) is 0 Å². The topological polar surface area (TPSA) is 130 Å². The quantitative estimate of drug-likeness (QED) is 0.631. The number of hydrogen-bond donors (Lipinski definition) is 3. The largest absolute Gasteiger partial charge is 0.349 e. The van der Waals surface area contributed by atoms with Crippen LogP contribution in [-0.2, 0) is 7.05 Å². The molecule has 0 aromatic carbocycles. The molecule has 0 spiro atoms. The minimum atomic E-state index is -0.293. The summed E-state index contributed by atoms with van der Waals surface area (Å²) >= 11 is 0. The number of rotatable bonds is 7. The molecular weight excluding hydrogens is 360 g/mol. The summed E-state index contributed by atoms with van der Waals surface area (Å²) in [5.74, 6) is 1.10. The second kappa shape index (κ2) is 7.81. The predicted molar refractivity (Wildman–Crippen MR) is 95.1 cm³/mol. The normalized spacial score (nSPS) is 14.4. The van der Waals surface area contributed by atoms with E-state index < -0.39 is 0 Å². The van der Waals surface area contributed by atoms with E-state index in [9.17, 15) is 9.59 Å². The van der Waals surface area contributed by atoms with E-state index >= 15 is 0 Å². The SMILES string of the molecule is Cc1nc(C(=O)NCC2(CCNC(=O)c3n[nH]c(C)n3)CC2)n(C)n1.Cl. The van der Waals surface area contributed by atoms with Crippen molar-refractivity contribution in [3.8, 4) is 0 Å². The zero-order valence-corrected chi connectivity index (χ0v) is 15.8. The fourth-order valence-electron chi connectivity index (χ4n) is 2.71. The number of aryl methyl sites for hydroxylation is 3. The van der Waals surface area contributed by atoms with Gasteiger partial charge < -0.3 is 10.6 Å². The van der Waals surface area contributed by atoms with E-state index in [1.54, 1.807) is 20.9 Å². The first-order valence-corrected chi connectivity index (χ1v) is 8.22. The lowest BCUT2D eigenvalue weighted by molar-refractivity contribution is 0.0916. The van der Waals surface area contributed by atoms with Gasteiger partial charge in [-0.25, -0.2) is 14.6 Å². The number of aromatic amines is 1. The maximum Gasteiger partial charge on any atom is 0.290 e. The Hall–Kier alpha value is -2.49. The zero-order valence-electron chi connectivity index (χ0n) is 15.0. The van der Waals surface area contributed by atoms with Crippen molar-refractivity contribution in [2.75, 3.05) is 13.1 Å². The van der Waals surface area contributed by atoms with Gasteiger partial charge in [-0.2, -0.15) is 5.10 Å². The van der Waals surface area contributed by atoms with Crippen molar-refractivity contribution in [2.45, 2.75) is 33.1 Å². The number of carbonyl (C=O) groups excluding carboxylic acids is 2. The van der Waals surface area contributed by atoms with Crippen LogP contribution in [0.3, 0.4) is 0 Å². The van der Waals surface area contributed by atoms with Crippen LogP contribution < -0.4 is 10.6 Å². The lowest BCUT2D eigenvalue weighted by Crippen LogP contribution is -2.34. The Bertz CT molecular complexity index is 795. The second-order valence-corrected chi connectivity index (χ2v) is 6.54. The van der Waals surface area contributed by atoms with Crippen LogP contribution in [-0.4, -0.2) is 54.8 Å². The first-order valence-electron chi connectivity index (χ1n) is 8.22. The van der Waals surface area contributed by atoms with Crippen LogP contribution in [0, 0.1) is 19.3 Å². The molecule has 11 heteroatoms. The number of nitrogens with one attached hydrogen (secondary N) is 3. The first-order chi connectivity index (χ1) is 11.9. The molecule has 3 rings (SSSR count). The van der Waals surface area contributed by atoms with E-state index in [1.807, 2.05) is 0 Å². The zero-order chi connectivity index (χ0) is 18.0. The van der Waals surface area contributed by atoms with Crippen molar-refractivity contribution in [1.82, 2.24) is 40.6 Å². The van der Waals surface area contributed by atoms with Crippen LogP contribution in [0.15, 0.2) is 0 Å². The van der Waals surface area contributed by atoms with Gasteiger partial charge in [-0.05, 0) is 38.5 Å². The molecule has 2 amide bonds. The third kappa shape index (κ3) is 4.57. The summed E-state index contributed by atoms with van der Waals surface area (Å²) in [6.07, 6.45) is 2.85. The third-order valence-electron chi connectivity index (χ3n) is 4.39. The molecule has 2 aromatic rings. The molecule has 1 aliphatic rings. The van der Waals surface area contributed by atoms with Gasteiger partial charge in [0.2, 0.25) is 11.6 Å². The lowest BCUT2D eigenvalue weighted by Gasteiger charge is -2.15. The minimum absolute atomic E-state index is 0. The summed E-state index contributed by atoms with van der Waals surface area (Å²) < 4.78 is 1.48. The van der Waals surface area contributed by atoms with Gasteiger partial charge in [0, 0.05) is 20.1 Å². The van der Waals surface area contributed by atoms with Gasteiger partial charge in [0.25, 0.3) is 11.8 Å². The molecule has 0 radical (unpaired) electrons. The number of nitrogens with zero attached hydrogens (tertiary/aromatic N) is 5. The lowest BCUT2D eigenvalue weighted by atomic mass is 10.0. The Labute approximate surface area is 157 Å². The highest BCUT2D eigenvalue weighted by atomic mass is 35.5. The van der Waals surface area contributed by atoms with Crippen molar-refractivity contribution in [2.24, 2.45) is 12.5 Å². The van der Waals surface area contributed by atoms with Crippen molar-refractivity contribution in [3.63, 3.8) is 0 Å². The van der Waals surface area contributed by atoms with E-state index in [1.165, 1.54) is 4.68 Å². The molecule has 0 unspecified atom stereocenters. The monoisotopic (exact) mass is 382 g/mol. The van der Waals surface area contributed by atoms with Crippen molar-refractivity contribution >= 4 is 24.2 Å². The van der Waals surface area contributed by atoms with E-state index in [0.717, 1.165) is 19.3 Å². The van der Waals surface area contributed by atoms with Gasteiger partial charge in [-0.3, -0.25) is 14.7 Å². The fourth-order valence-corrected chi connectivity index (χ4v) is 2.71. The van der Waals surface area contributed by atoms with Gasteiger partial charge in [0.05, 0.1) is 0 Å². The predicted octanol–water partition coefficient (Wildman–Crippen LogP) is 0.302. The maximum atomic E-state index is 12.2. The van der Waals surface area contributed by atoms with Crippen LogP contribution >= 0.6 is 12.4 Å².